The Morgan fingerprint density at radius 1 is 1.75 bits per heavy atom. The van der Waals surface area contributed by atoms with Crippen LogP contribution in [0.1, 0.15) is 6.92 Å². The fraction of sp³-hybridized carbons (Fsp3) is 0.667. The third-order valence-corrected chi connectivity index (χ3v) is 0.938. The third kappa shape index (κ3) is 0.568. The van der Waals surface area contributed by atoms with Crippen LogP contribution in [0.25, 0.3) is 0 Å². The van der Waals surface area contributed by atoms with Crippen LogP contribution in [-0.4, -0.2) is 16.7 Å². The smallest absolute Gasteiger partial charge is 0.342 e. The molecule has 0 amide bonds. The van der Waals surface area contributed by atoms with Crippen molar-refractivity contribution in [1.82, 2.24) is 11.0 Å². The van der Waals surface area contributed by atoms with Gasteiger partial charge in [0.1, 0.15) is 0 Å². The van der Waals surface area contributed by atoms with Crippen molar-refractivity contribution in [2.24, 2.45) is 0 Å². The molecule has 1 aliphatic heterocycles. The summed E-state index contributed by atoms with van der Waals surface area (Å²) in [6, 6.07) is 0. The van der Waals surface area contributed by atoms with Crippen molar-refractivity contribution in [2.45, 2.75) is 12.6 Å². The number of nitrogens with one attached hydrogen (secondary N) is 2. The van der Waals surface area contributed by atoms with Gasteiger partial charge in [0, 0.05) is 0 Å². The van der Waals surface area contributed by atoms with Gasteiger partial charge in [-0.1, -0.05) is 0 Å². The largest absolute Gasteiger partial charge is 0.479 e. The summed E-state index contributed by atoms with van der Waals surface area (Å²) in [6.07, 6.45) is 0. The lowest BCUT2D eigenvalue weighted by molar-refractivity contribution is -0.246. The number of carboxylic acid groups (broad SMARTS) is 1. The van der Waals surface area contributed by atoms with E-state index in [0.717, 1.165) is 0 Å². The molecule has 0 unspecified atom stereocenters. The topological polar surface area (TPSA) is 70.6 Å². The molecule has 8 heavy (non-hydrogen) atoms. The average molecular weight is 118 g/mol. The Bertz CT molecular complexity index is 120. The molecule has 1 heterocycles. The van der Waals surface area contributed by atoms with E-state index in [1.54, 1.807) is 0 Å². The van der Waals surface area contributed by atoms with Gasteiger partial charge in [-0.15, -0.1) is 11.0 Å². The quantitative estimate of drug-likeness (QED) is 0.404. The first kappa shape index (κ1) is 5.49. The predicted molar refractivity (Wildman–Crippen MR) is 23.4 cm³/mol. The number of carbonyl (C=O) groups is 1. The Morgan fingerprint density at radius 2 is 2.25 bits per heavy atom. The Morgan fingerprint density at radius 3 is 2.25 bits per heavy atom. The second-order valence-electron chi connectivity index (χ2n) is 1.74. The lowest BCUT2D eigenvalue weighted by atomic mass is 10.2. The van der Waals surface area contributed by atoms with Crippen molar-refractivity contribution in [3.05, 3.63) is 0 Å². The maximum absolute atomic E-state index is 10.1. The van der Waals surface area contributed by atoms with Crippen molar-refractivity contribution in [2.75, 3.05) is 0 Å². The first-order valence-corrected chi connectivity index (χ1v) is 2.09. The van der Waals surface area contributed by atoms with E-state index >= 15 is 0 Å². The van der Waals surface area contributed by atoms with Gasteiger partial charge >= 0.3 is 5.97 Å². The van der Waals surface area contributed by atoms with Gasteiger partial charge in [0.2, 0.25) is 5.66 Å². The molecule has 0 aromatic heterocycles. The number of hydrogen-bond acceptors (Lipinski definition) is 4. The van der Waals surface area contributed by atoms with E-state index in [1.807, 2.05) is 0 Å². The van der Waals surface area contributed by atoms with Gasteiger partial charge in [0.05, 0.1) is 0 Å². The summed E-state index contributed by atoms with van der Waals surface area (Å²) in [5, 5.41) is 8.29. The molecule has 5 nitrogen and oxygen atoms in total. The first-order valence-electron chi connectivity index (χ1n) is 2.09. The van der Waals surface area contributed by atoms with E-state index in [9.17, 15) is 4.79 Å². The van der Waals surface area contributed by atoms with Crippen LogP contribution in [0, 0.1) is 0 Å². The van der Waals surface area contributed by atoms with Gasteiger partial charge in [-0.25, -0.2) is 9.73 Å². The maximum atomic E-state index is 10.1. The molecular formula is C3H6N2O3. The Kier molecular flexibility index (Phi) is 0.968. The molecule has 1 rings (SSSR count). The van der Waals surface area contributed by atoms with Gasteiger partial charge in [-0.05, 0) is 6.92 Å². The second-order valence-corrected chi connectivity index (χ2v) is 1.74. The zero-order chi connectivity index (χ0) is 6.20. The van der Waals surface area contributed by atoms with E-state index in [-0.39, 0.29) is 0 Å². The van der Waals surface area contributed by atoms with E-state index in [1.165, 1.54) is 6.92 Å². The monoisotopic (exact) mass is 118 g/mol. The Labute approximate surface area is 45.5 Å². The van der Waals surface area contributed by atoms with E-state index in [0.29, 0.717) is 0 Å². The maximum Gasteiger partial charge on any atom is 0.342 e. The molecule has 0 aromatic carbocycles. The van der Waals surface area contributed by atoms with Crippen molar-refractivity contribution < 1.29 is 14.8 Å². The molecule has 0 radical (unpaired) electrons. The van der Waals surface area contributed by atoms with Crippen LogP contribution < -0.4 is 11.0 Å². The molecule has 5 heteroatoms. The van der Waals surface area contributed by atoms with Crippen LogP contribution in [0.3, 0.4) is 0 Å². The minimum Gasteiger partial charge on any atom is -0.479 e. The summed E-state index contributed by atoms with van der Waals surface area (Å²) in [5.41, 5.74) is 3.34. The molecule has 1 fully saturated rings. The molecule has 0 bridgehead atoms. The minimum absolute atomic E-state index is 0.983. The van der Waals surface area contributed by atoms with Crippen molar-refractivity contribution in [3.8, 4) is 0 Å². The number of rotatable bonds is 1. The summed E-state index contributed by atoms with van der Waals surface area (Å²) < 4.78 is 0. The standard InChI is InChI=1S/C3H6N2O3/c1-3(2(6)7)4-8-5-3/h4-5H,1H3,(H,6,7). The highest BCUT2D eigenvalue weighted by Crippen LogP contribution is 2.04. The Balaban J connectivity index is 2.53. The fourth-order valence-corrected chi connectivity index (χ4v) is 0.291. The lowest BCUT2D eigenvalue weighted by Crippen LogP contribution is -2.71. The third-order valence-electron chi connectivity index (χ3n) is 0.938. The normalized spacial score (nSPS) is 24.1. The number of hydrogen-bond donors (Lipinski definition) is 3. The van der Waals surface area contributed by atoms with Crippen LogP contribution in [0.5, 0.6) is 0 Å². The zero-order valence-electron chi connectivity index (χ0n) is 4.26. The van der Waals surface area contributed by atoms with Gasteiger partial charge in [-0.3, -0.25) is 0 Å². The molecule has 0 spiro atoms. The fourth-order valence-electron chi connectivity index (χ4n) is 0.291. The number of hydroxylamine groups is 2. The molecule has 46 valence electrons. The van der Waals surface area contributed by atoms with Crippen LogP contribution in [0.2, 0.25) is 0 Å². The Hall–Kier alpha value is -0.650. The van der Waals surface area contributed by atoms with Crippen LogP contribution >= 0.6 is 0 Å². The number of aliphatic carboxylic acids is 1. The summed E-state index contributed by atoms with van der Waals surface area (Å²) in [4.78, 5) is 14.3. The molecule has 1 aliphatic rings. The minimum atomic E-state index is -1.08. The van der Waals surface area contributed by atoms with Crippen LogP contribution in [0.4, 0.5) is 0 Å². The highest BCUT2D eigenvalue weighted by atomic mass is 16.8. The molecular weight excluding hydrogens is 112 g/mol. The molecule has 0 aromatic rings. The van der Waals surface area contributed by atoms with Gasteiger partial charge in [0.25, 0.3) is 0 Å². The summed E-state index contributed by atoms with van der Waals surface area (Å²) >= 11 is 0. The van der Waals surface area contributed by atoms with Gasteiger partial charge in [-0.2, -0.15) is 0 Å². The SMILES string of the molecule is CC1(C(=O)O)NON1. The highest BCUT2D eigenvalue weighted by molar-refractivity contribution is 5.77. The van der Waals surface area contributed by atoms with Crippen molar-refractivity contribution >= 4 is 5.97 Å². The molecule has 0 saturated carbocycles. The summed E-state index contributed by atoms with van der Waals surface area (Å²) in [5.74, 6) is -0.983. The summed E-state index contributed by atoms with van der Waals surface area (Å²) in [6.45, 7) is 1.46. The highest BCUT2D eigenvalue weighted by Gasteiger charge is 2.41. The van der Waals surface area contributed by atoms with E-state index in [4.69, 9.17) is 5.11 Å². The summed E-state index contributed by atoms with van der Waals surface area (Å²) in [7, 11) is 0. The molecule has 1 saturated heterocycles. The zero-order valence-corrected chi connectivity index (χ0v) is 4.26. The predicted octanol–water partition coefficient (Wildman–Crippen LogP) is -1.17. The van der Waals surface area contributed by atoms with Crippen LogP contribution in [-0.2, 0) is 9.73 Å². The van der Waals surface area contributed by atoms with Gasteiger partial charge in [0.15, 0.2) is 0 Å². The lowest BCUT2D eigenvalue weighted by Gasteiger charge is -2.34. The average Bonchev–Trinajstić information content (AvgIpc) is 1.60. The van der Waals surface area contributed by atoms with Crippen molar-refractivity contribution in [3.63, 3.8) is 0 Å². The molecule has 0 aliphatic carbocycles. The van der Waals surface area contributed by atoms with E-state index < -0.39 is 11.6 Å². The number of carboxylic acids is 1. The van der Waals surface area contributed by atoms with Crippen molar-refractivity contribution in [1.29, 1.82) is 0 Å². The van der Waals surface area contributed by atoms with Gasteiger partial charge < -0.3 is 5.11 Å². The van der Waals surface area contributed by atoms with E-state index in [2.05, 4.69) is 15.9 Å². The second kappa shape index (κ2) is 1.41. The van der Waals surface area contributed by atoms with Crippen LogP contribution in [0.15, 0.2) is 0 Å². The first-order chi connectivity index (χ1) is 3.65. The molecule has 0 atom stereocenters. The molecule has 3 N–H and O–H groups in total.